The lowest BCUT2D eigenvalue weighted by atomic mass is 10.2. The summed E-state index contributed by atoms with van der Waals surface area (Å²) in [6.45, 7) is 5.72. The molecule has 27 heavy (non-hydrogen) atoms. The Morgan fingerprint density at radius 1 is 1.37 bits per heavy atom. The van der Waals surface area contributed by atoms with Gasteiger partial charge < -0.3 is 14.9 Å². The fourth-order valence-corrected chi connectivity index (χ4v) is 3.51. The standard InChI is InChI=1S/C19H24FN5OS/c1-12(2)11-25-17(23-24-19(25)27-3)8-5-9-21-18(26)16-10-13-14(20)6-4-7-15(13)22-16/h4,6-7,10,12,22H,5,8-9,11H2,1-3H3,(H,21,26). The van der Waals surface area contributed by atoms with Gasteiger partial charge in [-0.05, 0) is 36.8 Å². The van der Waals surface area contributed by atoms with Crippen LogP contribution in [0.3, 0.4) is 0 Å². The Morgan fingerprint density at radius 2 is 2.19 bits per heavy atom. The molecule has 2 heterocycles. The number of aromatic nitrogens is 4. The molecule has 0 aliphatic heterocycles. The fraction of sp³-hybridized carbons (Fsp3) is 0.421. The number of thioether (sulfide) groups is 1. The van der Waals surface area contributed by atoms with Gasteiger partial charge in [-0.3, -0.25) is 4.79 Å². The third-order valence-electron chi connectivity index (χ3n) is 4.24. The van der Waals surface area contributed by atoms with E-state index in [0.29, 0.717) is 29.1 Å². The molecule has 0 aliphatic carbocycles. The average Bonchev–Trinajstić information content (AvgIpc) is 3.23. The summed E-state index contributed by atoms with van der Waals surface area (Å²) < 4.78 is 15.9. The second kappa shape index (κ2) is 8.56. The first-order valence-electron chi connectivity index (χ1n) is 9.01. The van der Waals surface area contributed by atoms with E-state index in [-0.39, 0.29) is 11.7 Å². The number of amides is 1. The van der Waals surface area contributed by atoms with Crippen LogP contribution in [-0.4, -0.2) is 38.5 Å². The second-order valence-corrected chi connectivity index (χ2v) is 7.62. The van der Waals surface area contributed by atoms with Crippen LogP contribution in [0.15, 0.2) is 29.4 Å². The van der Waals surface area contributed by atoms with Crippen LogP contribution in [0.25, 0.3) is 10.9 Å². The summed E-state index contributed by atoms with van der Waals surface area (Å²) in [5.41, 5.74) is 0.981. The molecule has 0 saturated carbocycles. The first-order valence-corrected chi connectivity index (χ1v) is 10.2. The number of fused-ring (bicyclic) bond motifs is 1. The predicted octanol–water partition coefficient (Wildman–Crippen LogP) is 3.64. The number of nitrogens with one attached hydrogen (secondary N) is 2. The van der Waals surface area contributed by atoms with Crippen LogP contribution in [0.1, 0.15) is 36.6 Å². The lowest BCUT2D eigenvalue weighted by molar-refractivity contribution is 0.0949. The van der Waals surface area contributed by atoms with Gasteiger partial charge in [0.1, 0.15) is 17.3 Å². The van der Waals surface area contributed by atoms with Gasteiger partial charge in [0.05, 0.1) is 0 Å². The van der Waals surface area contributed by atoms with Crippen molar-refractivity contribution in [2.45, 2.75) is 38.4 Å². The van der Waals surface area contributed by atoms with E-state index in [1.807, 2.05) is 6.26 Å². The minimum Gasteiger partial charge on any atom is -0.351 e. The Morgan fingerprint density at radius 3 is 2.89 bits per heavy atom. The van der Waals surface area contributed by atoms with Gasteiger partial charge >= 0.3 is 0 Å². The molecular weight excluding hydrogens is 365 g/mol. The smallest absolute Gasteiger partial charge is 0.267 e. The molecule has 0 atom stereocenters. The Balaban J connectivity index is 1.56. The maximum absolute atomic E-state index is 13.7. The minimum absolute atomic E-state index is 0.237. The van der Waals surface area contributed by atoms with Gasteiger partial charge in [-0.1, -0.05) is 31.7 Å². The summed E-state index contributed by atoms with van der Waals surface area (Å²) in [6, 6.07) is 6.30. The van der Waals surface area contributed by atoms with Gasteiger partial charge in [0.2, 0.25) is 0 Å². The highest BCUT2D eigenvalue weighted by Gasteiger charge is 2.14. The molecule has 2 N–H and O–H groups in total. The molecule has 0 fully saturated rings. The van der Waals surface area contributed by atoms with Crippen molar-refractivity contribution in [2.24, 2.45) is 5.92 Å². The summed E-state index contributed by atoms with van der Waals surface area (Å²) in [5.74, 6) is 0.874. The number of carbonyl (C=O) groups is 1. The summed E-state index contributed by atoms with van der Waals surface area (Å²) >= 11 is 1.59. The Bertz CT molecular complexity index is 933. The molecular formula is C19H24FN5OS. The fourth-order valence-electron chi connectivity index (χ4n) is 2.99. The lowest BCUT2D eigenvalue weighted by Crippen LogP contribution is -2.25. The van der Waals surface area contributed by atoms with E-state index in [0.717, 1.165) is 30.4 Å². The maximum Gasteiger partial charge on any atom is 0.267 e. The van der Waals surface area contributed by atoms with E-state index in [2.05, 4.69) is 38.9 Å². The number of hydrogen-bond donors (Lipinski definition) is 2. The molecule has 0 bridgehead atoms. The number of aryl methyl sites for hydroxylation is 1. The van der Waals surface area contributed by atoms with Crippen LogP contribution < -0.4 is 5.32 Å². The van der Waals surface area contributed by atoms with E-state index in [1.54, 1.807) is 30.0 Å². The highest BCUT2D eigenvalue weighted by atomic mass is 32.2. The third kappa shape index (κ3) is 4.50. The number of carbonyl (C=O) groups excluding carboxylic acids is 1. The van der Waals surface area contributed by atoms with Crippen molar-refractivity contribution < 1.29 is 9.18 Å². The first-order chi connectivity index (χ1) is 13.0. The topological polar surface area (TPSA) is 75.6 Å². The van der Waals surface area contributed by atoms with E-state index in [1.165, 1.54) is 6.07 Å². The molecule has 1 amide bonds. The van der Waals surface area contributed by atoms with Crippen LogP contribution >= 0.6 is 11.8 Å². The third-order valence-corrected chi connectivity index (χ3v) is 4.91. The number of halogens is 1. The highest BCUT2D eigenvalue weighted by molar-refractivity contribution is 7.98. The summed E-state index contributed by atoms with van der Waals surface area (Å²) in [4.78, 5) is 15.3. The zero-order chi connectivity index (χ0) is 19.4. The quantitative estimate of drug-likeness (QED) is 0.456. The van der Waals surface area contributed by atoms with Gasteiger partial charge in [-0.15, -0.1) is 10.2 Å². The van der Waals surface area contributed by atoms with E-state index < -0.39 is 0 Å². The van der Waals surface area contributed by atoms with Gasteiger partial charge in [-0.25, -0.2) is 4.39 Å². The normalized spacial score (nSPS) is 11.4. The number of nitrogens with zero attached hydrogens (tertiary/aromatic N) is 3. The van der Waals surface area contributed by atoms with Crippen LogP contribution in [0, 0.1) is 11.7 Å². The monoisotopic (exact) mass is 389 g/mol. The van der Waals surface area contributed by atoms with Gasteiger partial charge in [0.15, 0.2) is 5.16 Å². The maximum atomic E-state index is 13.7. The molecule has 0 radical (unpaired) electrons. The Hall–Kier alpha value is -2.35. The van der Waals surface area contributed by atoms with Gasteiger partial charge in [-0.2, -0.15) is 0 Å². The van der Waals surface area contributed by atoms with Crippen LogP contribution in [0.5, 0.6) is 0 Å². The van der Waals surface area contributed by atoms with Crippen molar-refractivity contribution in [3.05, 3.63) is 41.6 Å². The molecule has 0 spiro atoms. The van der Waals surface area contributed by atoms with Crippen LogP contribution in [0.4, 0.5) is 4.39 Å². The molecule has 0 aliphatic rings. The molecule has 0 saturated heterocycles. The number of benzene rings is 1. The number of hydrogen-bond acceptors (Lipinski definition) is 4. The van der Waals surface area contributed by atoms with E-state index in [4.69, 9.17) is 0 Å². The number of rotatable bonds is 8. The molecule has 1 aromatic carbocycles. The lowest BCUT2D eigenvalue weighted by Gasteiger charge is -2.11. The molecule has 3 aromatic rings. The van der Waals surface area contributed by atoms with Gasteiger partial charge in [0, 0.05) is 30.4 Å². The Labute approximate surface area is 161 Å². The molecule has 6 nitrogen and oxygen atoms in total. The van der Waals surface area contributed by atoms with Gasteiger partial charge in [0.25, 0.3) is 5.91 Å². The van der Waals surface area contributed by atoms with Crippen molar-refractivity contribution in [1.82, 2.24) is 25.1 Å². The van der Waals surface area contributed by atoms with Crippen molar-refractivity contribution in [3.63, 3.8) is 0 Å². The summed E-state index contributed by atoms with van der Waals surface area (Å²) in [7, 11) is 0. The predicted molar refractivity (Wildman–Crippen MR) is 106 cm³/mol. The van der Waals surface area contributed by atoms with Crippen LogP contribution in [0.2, 0.25) is 0 Å². The number of H-pyrrole nitrogens is 1. The molecule has 3 rings (SSSR count). The van der Waals surface area contributed by atoms with Crippen molar-refractivity contribution in [3.8, 4) is 0 Å². The van der Waals surface area contributed by atoms with Crippen molar-refractivity contribution in [1.29, 1.82) is 0 Å². The summed E-state index contributed by atoms with van der Waals surface area (Å²) in [5, 5.41) is 12.7. The first kappa shape index (κ1) is 19.4. The molecule has 0 unspecified atom stereocenters. The molecule has 144 valence electrons. The van der Waals surface area contributed by atoms with Crippen molar-refractivity contribution >= 4 is 28.6 Å². The SMILES string of the molecule is CSc1nnc(CCCNC(=O)c2cc3c(F)cccc3[nH]2)n1CC(C)C. The summed E-state index contributed by atoms with van der Waals surface area (Å²) in [6.07, 6.45) is 3.49. The van der Waals surface area contributed by atoms with E-state index in [9.17, 15) is 9.18 Å². The second-order valence-electron chi connectivity index (χ2n) is 6.85. The average molecular weight is 390 g/mol. The Kier molecular flexibility index (Phi) is 6.15. The van der Waals surface area contributed by atoms with Crippen LogP contribution in [-0.2, 0) is 13.0 Å². The molecule has 2 aromatic heterocycles. The zero-order valence-electron chi connectivity index (χ0n) is 15.8. The number of aromatic amines is 1. The van der Waals surface area contributed by atoms with Crippen molar-refractivity contribution in [2.75, 3.05) is 12.8 Å². The highest BCUT2D eigenvalue weighted by Crippen LogP contribution is 2.19. The molecule has 8 heteroatoms. The minimum atomic E-state index is -0.336. The largest absolute Gasteiger partial charge is 0.351 e. The van der Waals surface area contributed by atoms with E-state index >= 15 is 0 Å². The zero-order valence-corrected chi connectivity index (χ0v) is 16.6.